The molecule has 0 amide bonds. The molecule has 0 saturated heterocycles. The van der Waals surface area contributed by atoms with Crippen molar-refractivity contribution in [1.29, 1.82) is 0 Å². The Morgan fingerprint density at radius 1 is 1.35 bits per heavy atom. The van der Waals surface area contributed by atoms with E-state index >= 15 is 0 Å². The normalized spacial score (nSPS) is 25.0. The van der Waals surface area contributed by atoms with E-state index in [-0.39, 0.29) is 0 Å². The summed E-state index contributed by atoms with van der Waals surface area (Å²) >= 11 is 0. The Kier molecular flexibility index (Phi) is 4.85. The Balaban J connectivity index is 2.01. The fraction of sp³-hybridized carbons (Fsp3) is 0.364. The third-order valence-electron chi connectivity index (χ3n) is 4.92. The Labute approximate surface area is 140 Å². The van der Waals surface area contributed by atoms with Gasteiger partial charge in [0.15, 0.2) is 0 Å². The molecule has 120 valence electrons. The summed E-state index contributed by atoms with van der Waals surface area (Å²) in [6, 6.07) is 9.30. The fourth-order valence-corrected chi connectivity index (χ4v) is 3.54. The minimum atomic E-state index is 0.448. The molecule has 0 saturated carbocycles. The Morgan fingerprint density at radius 2 is 2.22 bits per heavy atom. The summed E-state index contributed by atoms with van der Waals surface area (Å²) in [5.41, 5.74) is 5.45. The number of benzene rings is 1. The summed E-state index contributed by atoms with van der Waals surface area (Å²) < 4.78 is 0. The van der Waals surface area contributed by atoms with E-state index in [4.69, 9.17) is 0 Å². The van der Waals surface area contributed by atoms with Gasteiger partial charge in [-0.25, -0.2) is 0 Å². The molecule has 3 rings (SSSR count). The SMILES string of the molecule is C=CCCC1=CN(c2cccc(C)c2)C2C=C1/C=C\CCC2C. The van der Waals surface area contributed by atoms with E-state index in [0.29, 0.717) is 12.0 Å². The van der Waals surface area contributed by atoms with E-state index in [1.807, 2.05) is 6.08 Å². The maximum absolute atomic E-state index is 3.88. The maximum Gasteiger partial charge on any atom is 0.0551 e. The van der Waals surface area contributed by atoms with Gasteiger partial charge in [0.2, 0.25) is 0 Å². The Bertz CT molecular complexity index is 662. The molecule has 2 aliphatic rings. The van der Waals surface area contributed by atoms with Crippen molar-refractivity contribution in [3.8, 4) is 0 Å². The Hall–Kier alpha value is -2.02. The molecule has 0 radical (unpaired) electrons. The van der Waals surface area contributed by atoms with Crippen LogP contribution in [0.1, 0.15) is 38.2 Å². The topological polar surface area (TPSA) is 3.24 Å². The van der Waals surface area contributed by atoms with Crippen LogP contribution in [0.15, 0.2) is 72.5 Å². The molecule has 1 heterocycles. The molecule has 1 aromatic rings. The minimum Gasteiger partial charge on any atom is -0.340 e. The summed E-state index contributed by atoms with van der Waals surface area (Å²) in [5.74, 6) is 0.646. The van der Waals surface area contributed by atoms with E-state index < -0.39 is 0 Å². The second kappa shape index (κ2) is 7.04. The first-order chi connectivity index (χ1) is 11.2. The standard InChI is InChI=1S/C22H27N/c1-4-5-11-20-16-23(21-13-8-9-17(2)14-21)22-15-19(20)12-7-6-10-18(22)3/h4,7-9,12-16,18,22H,1,5-6,10-11H2,2-3H3/b12-7-. The molecular weight excluding hydrogens is 278 g/mol. The van der Waals surface area contributed by atoms with Gasteiger partial charge in [0.1, 0.15) is 0 Å². The van der Waals surface area contributed by atoms with Crippen molar-refractivity contribution in [3.05, 3.63) is 78.1 Å². The van der Waals surface area contributed by atoms with Crippen molar-refractivity contribution < 1.29 is 0 Å². The van der Waals surface area contributed by atoms with Gasteiger partial charge in [-0.3, -0.25) is 0 Å². The lowest BCUT2D eigenvalue weighted by Crippen LogP contribution is -2.38. The monoisotopic (exact) mass is 305 g/mol. The average Bonchev–Trinajstić information content (AvgIpc) is 2.55. The van der Waals surface area contributed by atoms with E-state index in [0.717, 1.165) is 12.8 Å². The fourth-order valence-electron chi connectivity index (χ4n) is 3.54. The molecule has 1 aromatic carbocycles. The molecule has 2 bridgehead atoms. The zero-order chi connectivity index (χ0) is 16.2. The van der Waals surface area contributed by atoms with Gasteiger partial charge in [0, 0.05) is 11.9 Å². The molecule has 1 heteroatoms. The number of allylic oxidation sites excluding steroid dienone is 5. The smallest absolute Gasteiger partial charge is 0.0551 e. The quantitative estimate of drug-likeness (QED) is 0.622. The van der Waals surface area contributed by atoms with Gasteiger partial charge in [0.25, 0.3) is 0 Å². The number of hydrogen-bond donors (Lipinski definition) is 0. The average molecular weight is 305 g/mol. The zero-order valence-corrected chi connectivity index (χ0v) is 14.3. The van der Waals surface area contributed by atoms with Crippen LogP contribution in [0.2, 0.25) is 0 Å². The molecule has 23 heavy (non-hydrogen) atoms. The van der Waals surface area contributed by atoms with Crippen molar-refractivity contribution in [3.63, 3.8) is 0 Å². The van der Waals surface area contributed by atoms with Gasteiger partial charge in [0.05, 0.1) is 6.04 Å². The van der Waals surface area contributed by atoms with Crippen LogP contribution < -0.4 is 4.90 Å². The highest BCUT2D eigenvalue weighted by molar-refractivity contribution is 5.59. The number of anilines is 1. The zero-order valence-electron chi connectivity index (χ0n) is 14.3. The summed E-state index contributed by atoms with van der Waals surface area (Å²) in [6.07, 6.45) is 16.0. The molecule has 0 N–H and O–H groups in total. The van der Waals surface area contributed by atoms with Crippen LogP contribution in [0.5, 0.6) is 0 Å². The molecular formula is C22H27N. The largest absolute Gasteiger partial charge is 0.340 e. The number of nitrogens with zero attached hydrogens (tertiary/aromatic N) is 1. The second-order valence-corrected chi connectivity index (χ2v) is 6.80. The lowest BCUT2D eigenvalue weighted by Gasteiger charge is -2.38. The van der Waals surface area contributed by atoms with Crippen molar-refractivity contribution in [2.75, 3.05) is 4.90 Å². The first kappa shape index (κ1) is 15.9. The number of rotatable bonds is 4. The molecule has 0 aromatic heterocycles. The lowest BCUT2D eigenvalue weighted by atomic mass is 9.85. The lowest BCUT2D eigenvalue weighted by molar-refractivity contribution is 0.469. The predicted molar refractivity (Wildman–Crippen MR) is 101 cm³/mol. The Morgan fingerprint density at radius 3 is 3.00 bits per heavy atom. The first-order valence-corrected chi connectivity index (χ1v) is 8.74. The number of fused-ring (bicyclic) bond motifs is 1. The summed E-state index contributed by atoms with van der Waals surface area (Å²) in [6.45, 7) is 8.43. The molecule has 0 spiro atoms. The van der Waals surface area contributed by atoms with Crippen molar-refractivity contribution in [2.45, 2.75) is 45.6 Å². The van der Waals surface area contributed by atoms with E-state index in [1.54, 1.807) is 0 Å². The maximum atomic E-state index is 3.88. The summed E-state index contributed by atoms with van der Waals surface area (Å²) in [4.78, 5) is 2.48. The van der Waals surface area contributed by atoms with Crippen LogP contribution in [-0.2, 0) is 0 Å². The third kappa shape index (κ3) is 3.50. The number of hydrogen-bond acceptors (Lipinski definition) is 1. The highest BCUT2D eigenvalue weighted by Gasteiger charge is 2.27. The minimum absolute atomic E-state index is 0.448. The summed E-state index contributed by atoms with van der Waals surface area (Å²) in [5, 5.41) is 0. The second-order valence-electron chi connectivity index (χ2n) is 6.80. The molecule has 0 fully saturated rings. The molecule has 2 unspecified atom stereocenters. The van der Waals surface area contributed by atoms with Gasteiger partial charge in [-0.1, -0.05) is 43.4 Å². The van der Waals surface area contributed by atoms with Crippen LogP contribution in [0, 0.1) is 12.8 Å². The van der Waals surface area contributed by atoms with Gasteiger partial charge in [-0.2, -0.15) is 0 Å². The molecule has 1 aliphatic carbocycles. The van der Waals surface area contributed by atoms with Crippen LogP contribution >= 0.6 is 0 Å². The molecule has 2 atom stereocenters. The molecule has 1 aliphatic heterocycles. The highest BCUT2D eigenvalue weighted by atomic mass is 15.2. The van der Waals surface area contributed by atoms with Crippen LogP contribution in [0.3, 0.4) is 0 Å². The van der Waals surface area contributed by atoms with E-state index in [1.165, 1.54) is 35.2 Å². The summed E-state index contributed by atoms with van der Waals surface area (Å²) in [7, 11) is 0. The van der Waals surface area contributed by atoms with Gasteiger partial charge in [-0.15, -0.1) is 6.58 Å². The van der Waals surface area contributed by atoms with E-state index in [2.05, 4.69) is 74.0 Å². The predicted octanol–water partition coefficient (Wildman–Crippen LogP) is 5.95. The van der Waals surface area contributed by atoms with Crippen molar-refractivity contribution >= 4 is 5.69 Å². The van der Waals surface area contributed by atoms with Crippen molar-refractivity contribution in [2.24, 2.45) is 5.92 Å². The first-order valence-electron chi connectivity index (χ1n) is 8.74. The van der Waals surface area contributed by atoms with Crippen LogP contribution in [-0.4, -0.2) is 6.04 Å². The van der Waals surface area contributed by atoms with Gasteiger partial charge < -0.3 is 4.90 Å². The third-order valence-corrected chi connectivity index (χ3v) is 4.92. The van der Waals surface area contributed by atoms with E-state index in [9.17, 15) is 0 Å². The number of aryl methyl sites for hydroxylation is 1. The van der Waals surface area contributed by atoms with Gasteiger partial charge in [-0.05, 0) is 67.4 Å². The van der Waals surface area contributed by atoms with Crippen molar-refractivity contribution in [1.82, 2.24) is 0 Å². The van der Waals surface area contributed by atoms with Crippen LogP contribution in [0.4, 0.5) is 5.69 Å². The molecule has 1 nitrogen and oxygen atoms in total. The highest BCUT2D eigenvalue weighted by Crippen LogP contribution is 2.35. The van der Waals surface area contributed by atoms with Gasteiger partial charge >= 0.3 is 0 Å². The van der Waals surface area contributed by atoms with Crippen LogP contribution in [0.25, 0.3) is 0 Å².